The number of hydrogen-bond acceptors (Lipinski definition) is 8. The minimum absolute atomic E-state index is 0.0434. The molecule has 0 spiro atoms. The summed E-state index contributed by atoms with van der Waals surface area (Å²) in [5.41, 5.74) is 1.54. The molecule has 0 bridgehead atoms. The van der Waals surface area contributed by atoms with Crippen LogP contribution in [0.5, 0.6) is 5.75 Å². The van der Waals surface area contributed by atoms with Gasteiger partial charge in [-0.1, -0.05) is 11.6 Å². The number of carbonyl (C=O) groups is 1. The third-order valence-electron chi connectivity index (χ3n) is 7.12. The Morgan fingerprint density at radius 1 is 1.12 bits per heavy atom. The van der Waals surface area contributed by atoms with Crippen LogP contribution in [0.4, 0.5) is 20.3 Å². The Morgan fingerprint density at radius 3 is 2.64 bits per heavy atom. The molecule has 2 aromatic carbocycles. The lowest BCUT2D eigenvalue weighted by Gasteiger charge is -2.32. The van der Waals surface area contributed by atoms with Crippen molar-refractivity contribution < 1.29 is 18.3 Å². The zero-order chi connectivity index (χ0) is 29.2. The van der Waals surface area contributed by atoms with Gasteiger partial charge in [-0.2, -0.15) is 9.65 Å². The molecule has 1 aliphatic heterocycles. The van der Waals surface area contributed by atoms with E-state index in [1.54, 1.807) is 52.4 Å². The number of nitrogens with zero attached hydrogens (tertiary/aromatic N) is 8. The number of nitrogens with one attached hydrogen (secondary N) is 1. The monoisotopic (exact) mass is 589 g/mol. The van der Waals surface area contributed by atoms with E-state index in [9.17, 15) is 13.6 Å². The number of rotatable bonds is 7. The first kappa shape index (κ1) is 27.1. The number of carbonyl (C=O) groups excluding carboxylic acids is 1. The SMILES string of the molecule is N#CCOc1ccc(-c2cnc3c(Nc4ccc(C(=O)N5CCC(n6cnnc6)CC5)c(Cl)c4)nccn23)c(F)c1F. The smallest absolute Gasteiger partial charge is 0.255 e. The molecule has 0 aliphatic carbocycles. The molecule has 11 nitrogen and oxygen atoms in total. The molecule has 1 aliphatic rings. The summed E-state index contributed by atoms with van der Waals surface area (Å²) in [6.07, 6.45) is 9.42. The van der Waals surface area contributed by atoms with Crippen LogP contribution >= 0.6 is 11.6 Å². The second kappa shape index (κ2) is 11.4. The first-order chi connectivity index (χ1) is 20.4. The summed E-state index contributed by atoms with van der Waals surface area (Å²) in [5.74, 6) is -2.50. The first-order valence-electron chi connectivity index (χ1n) is 12.9. The van der Waals surface area contributed by atoms with Crippen LogP contribution < -0.4 is 10.1 Å². The van der Waals surface area contributed by atoms with Crippen LogP contribution in [0.3, 0.4) is 0 Å². The molecule has 42 heavy (non-hydrogen) atoms. The summed E-state index contributed by atoms with van der Waals surface area (Å²) in [4.78, 5) is 23.7. The van der Waals surface area contributed by atoms with Gasteiger partial charge in [-0.25, -0.2) is 14.4 Å². The molecule has 1 N–H and O–H groups in total. The maximum Gasteiger partial charge on any atom is 0.255 e. The van der Waals surface area contributed by atoms with E-state index in [1.165, 1.54) is 24.5 Å². The molecule has 0 unspecified atom stereocenters. The predicted molar refractivity (Wildman–Crippen MR) is 148 cm³/mol. The van der Waals surface area contributed by atoms with E-state index >= 15 is 0 Å². The number of ether oxygens (including phenoxy) is 1. The molecule has 4 heterocycles. The molecular weight excluding hydrogens is 568 g/mol. The minimum atomic E-state index is -1.20. The van der Waals surface area contributed by atoms with E-state index in [0.717, 1.165) is 12.8 Å². The van der Waals surface area contributed by atoms with Gasteiger partial charge in [0.25, 0.3) is 5.91 Å². The Kier molecular flexibility index (Phi) is 7.37. The van der Waals surface area contributed by atoms with Crippen LogP contribution in [0.2, 0.25) is 5.02 Å². The van der Waals surface area contributed by atoms with Crippen molar-refractivity contribution in [1.29, 1.82) is 5.26 Å². The average Bonchev–Trinajstić information content (AvgIpc) is 3.70. The van der Waals surface area contributed by atoms with Gasteiger partial charge in [0.15, 0.2) is 29.6 Å². The highest BCUT2D eigenvalue weighted by atomic mass is 35.5. The Balaban J connectivity index is 1.19. The highest BCUT2D eigenvalue weighted by Crippen LogP contribution is 2.32. The highest BCUT2D eigenvalue weighted by molar-refractivity contribution is 6.34. The van der Waals surface area contributed by atoms with E-state index in [1.807, 2.05) is 4.57 Å². The largest absolute Gasteiger partial charge is 0.476 e. The van der Waals surface area contributed by atoms with E-state index in [4.69, 9.17) is 21.6 Å². The van der Waals surface area contributed by atoms with Crippen LogP contribution in [0.15, 0.2) is 61.6 Å². The number of imidazole rings is 1. The lowest BCUT2D eigenvalue weighted by Crippen LogP contribution is -2.39. The molecule has 6 rings (SSSR count). The summed E-state index contributed by atoms with van der Waals surface area (Å²) in [6.45, 7) is 0.771. The van der Waals surface area contributed by atoms with E-state index in [-0.39, 0.29) is 34.0 Å². The lowest BCUT2D eigenvalue weighted by atomic mass is 10.0. The van der Waals surface area contributed by atoms with Gasteiger partial charge < -0.3 is 19.5 Å². The van der Waals surface area contributed by atoms with Crippen molar-refractivity contribution in [3.8, 4) is 23.1 Å². The van der Waals surface area contributed by atoms with Crippen LogP contribution in [0, 0.1) is 23.0 Å². The summed E-state index contributed by atoms with van der Waals surface area (Å²) < 4.78 is 38.0. The molecule has 14 heteroatoms. The van der Waals surface area contributed by atoms with Gasteiger partial charge in [-0.15, -0.1) is 10.2 Å². The second-order valence-electron chi connectivity index (χ2n) is 9.55. The second-order valence-corrected chi connectivity index (χ2v) is 9.96. The molecule has 0 saturated carbocycles. The maximum absolute atomic E-state index is 14.9. The molecular formula is C28H22ClF2N9O2. The van der Waals surface area contributed by atoms with Crippen molar-refractivity contribution in [2.24, 2.45) is 0 Å². The summed E-state index contributed by atoms with van der Waals surface area (Å²) in [6, 6.07) is 9.59. The zero-order valence-corrected chi connectivity index (χ0v) is 22.7. The fraction of sp³-hybridized carbons (Fsp3) is 0.214. The Morgan fingerprint density at radius 2 is 1.90 bits per heavy atom. The van der Waals surface area contributed by atoms with Gasteiger partial charge in [-0.3, -0.25) is 9.20 Å². The van der Waals surface area contributed by atoms with Crippen molar-refractivity contribution >= 4 is 34.7 Å². The Hall–Kier alpha value is -5.09. The fourth-order valence-electron chi connectivity index (χ4n) is 5.00. The first-order valence-corrected chi connectivity index (χ1v) is 13.3. The number of aromatic nitrogens is 6. The van der Waals surface area contributed by atoms with Crippen molar-refractivity contribution in [3.05, 3.63) is 83.8 Å². The molecule has 0 atom stereocenters. The molecule has 1 saturated heterocycles. The van der Waals surface area contributed by atoms with Gasteiger partial charge in [0, 0.05) is 42.8 Å². The maximum atomic E-state index is 14.9. The fourth-order valence-corrected chi connectivity index (χ4v) is 5.26. The van der Waals surface area contributed by atoms with E-state index in [2.05, 4.69) is 25.5 Å². The number of likely N-dealkylation sites (tertiary alicyclic amines) is 1. The van der Waals surface area contributed by atoms with E-state index in [0.29, 0.717) is 35.8 Å². The van der Waals surface area contributed by atoms with Gasteiger partial charge >= 0.3 is 0 Å². The van der Waals surface area contributed by atoms with Gasteiger partial charge in [0.1, 0.15) is 18.7 Å². The molecule has 5 aromatic rings. The number of fused-ring (bicyclic) bond motifs is 1. The van der Waals surface area contributed by atoms with Crippen molar-refractivity contribution in [1.82, 2.24) is 34.0 Å². The third kappa shape index (κ3) is 5.08. The normalized spacial score (nSPS) is 13.7. The third-order valence-corrected chi connectivity index (χ3v) is 7.43. The van der Waals surface area contributed by atoms with Crippen molar-refractivity contribution in [2.75, 3.05) is 25.0 Å². The Labute approximate surface area is 243 Å². The zero-order valence-electron chi connectivity index (χ0n) is 21.9. The van der Waals surface area contributed by atoms with E-state index < -0.39 is 18.2 Å². The van der Waals surface area contributed by atoms with Crippen LogP contribution in [-0.4, -0.2) is 59.6 Å². The summed E-state index contributed by atoms with van der Waals surface area (Å²) in [7, 11) is 0. The quantitative estimate of drug-likeness (QED) is 0.280. The predicted octanol–water partition coefficient (Wildman–Crippen LogP) is 5.04. The number of benzene rings is 2. The number of hydrogen-bond donors (Lipinski definition) is 1. The highest BCUT2D eigenvalue weighted by Gasteiger charge is 2.26. The molecule has 212 valence electrons. The Bertz CT molecular complexity index is 1810. The minimum Gasteiger partial charge on any atom is -0.476 e. The number of piperidine rings is 1. The van der Waals surface area contributed by atoms with Crippen LogP contribution in [0.1, 0.15) is 29.2 Å². The molecule has 1 amide bonds. The summed E-state index contributed by atoms with van der Waals surface area (Å²) in [5, 5.41) is 19.8. The van der Waals surface area contributed by atoms with Gasteiger partial charge in [0.2, 0.25) is 5.82 Å². The topological polar surface area (TPSA) is 126 Å². The molecule has 3 aromatic heterocycles. The average molecular weight is 590 g/mol. The summed E-state index contributed by atoms with van der Waals surface area (Å²) >= 11 is 6.54. The molecule has 0 radical (unpaired) electrons. The number of anilines is 2. The van der Waals surface area contributed by atoms with Crippen molar-refractivity contribution in [2.45, 2.75) is 18.9 Å². The van der Waals surface area contributed by atoms with Crippen molar-refractivity contribution in [3.63, 3.8) is 0 Å². The lowest BCUT2D eigenvalue weighted by molar-refractivity contribution is 0.0694. The number of nitriles is 1. The standard InChI is InChI=1S/C28H22ClF2N9O2/c29-21-13-17(1-2-19(21)28(41)38-9-5-18(6-10-38)39-15-35-36-16-39)37-26-27-34-14-22(40(27)11-8-33-26)20-3-4-23(42-12-7-32)25(31)24(20)30/h1-4,8,11,13-16,18H,5-6,9-10,12H2,(H,33,37). The van der Waals surface area contributed by atoms with Gasteiger partial charge in [0.05, 0.1) is 22.5 Å². The number of halogens is 3. The van der Waals surface area contributed by atoms with Gasteiger partial charge in [-0.05, 0) is 43.2 Å². The number of amides is 1. The van der Waals surface area contributed by atoms with Crippen LogP contribution in [0.25, 0.3) is 16.9 Å². The van der Waals surface area contributed by atoms with Crippen LogP contribution in [-0.2, 0) is 0 Å². The molecule has 1 fully saturated rings.